The number of rotatable bonds is 3. The average Bonchev–Trinajstić information content (AvgIpc) is 2.31. The number of nitrogens with two attached hydrogens (primary N) is 1. The molecule has 0 spiro atoms. The summed E-state index contributed by atoms with van der Waals surface area (Å²) in [6.45, 7) is 5.10. The van der Waals surface area contributed by atoms with Crippen molar-refractivity contribution < 1.29 is 9.13 Å². The van der Waals surface area contributed by atoms with Crippen LogP contribution in [0.25, 0.3) is 0 Å². The van der Waals surface area contributed by atoms with Crippen LogP contribution < -0.4 is 5.73 Å². The lowest BCUT2D eigenvalue weighted by atomic mass is 10.1. The summed E-state index contributed by atoms with van der Waals surface area (Å²) in [5.74, 6) is -0.295. The quantitative estimate of drug-likeness (QED) is 0.847. The van der Waals surface area contributed by atoms with E-state index < -0.39 is 0 Å². The Morgan fingerprint density at radius 2 is 2.33 bits per heavy atom. The summed E-state index contributed by atoms with van der Waals surface area (Å²) in [6.07, 6.45) is 0. The second kappa shape index (κ2) is 5.73. The van der Waals surface area contributed by atoms with E-state index in [1.165, 1.54) is 12.1 Å². The minimum absolute atomic E-state index is 0.228. The van der Waals surface area contributed by atoms with Crippen LogP contribution >= 0.6 is 12.2 Å². The molecule has 0 aliphatic carbocycles. The maximum atomic E-state index is 13.5. The van der Waals surface area contributed by atoms with E-state index in [1.54, 1.807) is 0 Å². The van der Waals surface area contributed by atoms with Gasteiger partial charge in [-0.25, -0.2) is 4.39 Å². The highest BCUT2D eigenvalue weighted by Crippen LogP contribution is 2.15. The molecule has 0 amide bonds. The van der Waals surface area contributed by atoms with Crippen molar-refractivity contribution in [3.8, 4) is 0 Å². The van der Waals surface area contributed by atoms with E-state index in [0.717, 1.165) is 25.3 Å². The smallest absolute Gasteiger partial charge is 0.124 e. The van der Waals surface area contributed by atoms with Crippen molar-refractivity contribution in [3.63, 3.8) is 0 Å². The van der Waals surface area contributed by atoms with Crippen LogP contribution in [-0.4, -0.2) is 35.7 Å². The van der Waals surface area contributed by atoms with Crippen LogP contribution in [0.2, 0.25) is 0 Å². The highest BCUT2D eigenvalue weighted by atomic mass is 32.1. The van der Waals surface area contributed by atoms with Crippen LogP contribution in [0.3, 0.4) is 0 Å². The van der Waals surface area contributed by atoms with Gasteiger partial charge in [0.15, 0.2) is 0 Å². The van der Waals surface area contributed by atoms with Crippen LogP contribution in [0.15, 0.2) is 18.2 Å². The first-order chi connectivity index (χ1) is 8.56. The third-order valence-electron chi connectivity index (χ3n) is 3.13. The Labute approximate surface area is 112 Å². The second-order valence-corrected chi connectivity index (χ2v) is 5.05. The zero-order valence-electron chi connectivity index (χ0n) is 10.4. The third-order valence-corrected chi connectivity index (χ3v) is 3.37. The number of hydrogen-bond acceptors (Lipinski definition) is 3. The molecule has 1 aliphatic rings. The normalized spacial score (nSPS) is 20.9. The zero-order valence-corrected chi connectivity index (χ0v) is 11.2. The summed E-state index contributed by atoms with van der Waals surface area (Å²) in [5, 5.41) is 0. The van der Waals surface area contributed by atoms with Crippen molar-refractivity contribution in [3.05, 3.63) is 35.1 Å². The topological polar surface area (TPSA) is 38.5 Å². The first kappa shape index (κ1) is 13.4. The fourth-order valence-electron chi connectivity index (χ4n) is 2.11. The van der Waals surface area contributed by atoms with Gasteiger partial charge in [0, 0.05) is 24.7 Å². The summed E-state index contributed by atoms with van der Waals surface area (Å²) in [7, 11) is 0. The summed E-state index contributed by atoms with van der Waals surface area (Å²) in [6, 6.07) is 5.10. The standard InChI is InChI=1S/C13H17FN2OS/c1-9-8-17-3-2-16(9)7-10-4-11(13(15)18)6-12(14)5-10/h4-6,9H,2-3,7-8H2,1H3,(H2,15,18). The Balaban J connectivity index is 2.15. The van der Waals surface area contributed by atoms with Crippen LogP contribution in [-0.2, 0) is 11.3 Å². The minimum Gasteiger partial charge on any atom is -0.389 e. The van der Waals surface area contributed by atoms with Crippen molar-refractivity contribution >= 4 is 17.2 Å². The van der Waals surface area contributed by atoms with Crippen molar-refractivity contribution in [1.82, 2.24) is 4.90 Å². The predicted octanol–water partition coefficient (Wildman–Crippen LogP) is 1.68. The number of nitrogens with zero attached hydrogens (tertiary/aromatic N) is 1. The lowest BCUT2D eigenvalue weighted by Crippen LogP contribution is -2.42. The monoisotopic (exact) mass is 268 g/mol. The SMILES string of the molecule is CC1COCCN1Cc1cc(F)cc(C(N)=S)c1. The summed E-state index contributed by atoms with van der Waals surface area (Å²) in [5.41, 5.74) is 7.02. The van der Waals surface area contributed by atoms with E-state index >= 15 is 0 Å². The number of ether oxygens (including phenoxy) is 1. The van der Waals surface area contributed by atoms with Crippen LogP contribution in [0, 0.1) is 5.82 Å². The van der Waals surface area contributed by atoms with E-state index in [-0.39, 0.29) is 10.8 Å². The molecule has 1 aliphatic heterocycles. The number of hydrogen-bond donors (Lipinski definition) is 1. The van der Waals surface area contributed by atoms with Gasteiger partial charge >= 0.3 is 0 Å². The van der Waals surface area contributed by atoms with Gasteiger partial charge in [-0.15, -0.1) is 0 Å². The number of benzene rings is 1. The fourth-order valence-corrected chi connectivity index (χ4v) is 2.23. The summed E-state index contributed by atoms with van der Waals surface area (Å²) >= 11 is 4.89. The molecule has 1 aromatic rings. The molecule has 18 heavy (non-hydrogen) atoms. The zero-order chi connectivity index (χ0) is 13.1. The molecular weight excluding hydrogens is 251 g/mol. The lowest BCUT2D eigenvalue weighted by Gasteiger charge is -2.33. The molecule has 1 aromatic carbocycles. The summed E-state index contributed by atoms with van der Waals surface area (Å²) < 4.78 is 18.9. The molecule has 0 saturated carbocycles. The van der Waals surface area contributed by atoms with E-state index in [9.17, 15) is 4.39 Å². The summed E-state index contributed by atoms with van der Waals surface area (Å²) in [4.78, 5) is 2.49. The van der Waals surface area contributed by atoms with Crippen molar-refractivity contribution in [2.24, 2.45) is 5.73 Å². The molecular formula is C13H17FN2OS. The van der Waals surface area contributed by atoms with Gasteiger partial charge in [-0.1, -0.05) is 12.2 Å². The molecule has 2 N–H and O–H groups in total. The highest BCUT2D eigenvalue weighted by Gasteiger charge is 2.19. The molecule has 3 nitrogen and oxygen atoms in total. The highest BCUT2D eigenvalue weighted by molar-refractivity contribution is 7.80. The molecule has 1 atom stereocenters. The van der Waals surface area contributed by atoms with Gasteiger partial charge in [0.05, 0.1) is 13.2 Å². The first-order valence-electron chi connectivity index (χ1n) is 5.97. The van der Waals surface area contributed by atoms with Crippen LogP contribution in [0.5, 0.6) is 0 Å². The van der Waals surface area contributed by atoms with Gasteiger partial charge in [0.2, 0.25) is 0 Å². The predicted molar refractivity (Wildman–Crippen MR) is 73.0 cm³/mol. The van der Waals surface area contributed by atoms with E-state index in [2.05, 4.69) is 11.8 Å². The van der Waals surface area contributed by atoms with Gasteiger partial charge in [0.25, 0.3) is 0 Å². The molecule has 0 radical (unpaired) electrons. The molecule has 1 saturated heterocycles. The van der Waals surface area contributed by atoms with Gasteiger partial charge < -0.3 is 10.5 Å². The van der Waals surface area contributed by atoms with Gasteiger partial charge in [-0.3, -0.25) is 4.90 Å². The van der Waals surface area contributed by atoms with Gasteiger partial charge in [0.1, 0.15) is 10.8 Å². The number of thiocarbonyl (C=S) groups is 1. The Morgan fingerprint density at radius 1 is 1.56 bits per heavy atom. The molecule has 0 aromatic heterocycles. The molecule has 1 heterocycles. The van der Waals surface area contributed by atoms with E-state index in [1.807, 2.05) is 6.07 Å². The van der Waals surface area contributed by atoms with Gasteiger partial charge in [-0.05, 0) is 30.7 Å². The molecule has 0 bridgehead atoms. The number of morpholine rings is 1. The maximum absolute atomic E-state index is 13.5. The molecule has 2 rings (SSSR count). The Kier molecular flexibility index (Phi) is 4.27. The third kappa shape index (κ3) is 3.25. The minimum atomic E-state index is -0.295. The molecule has 1 unspecified atom stereocenters. The largest absolute Gasteiger partial charge is 0.389 e. The Morgan fingerprint density at radius 3 is 3.00 bits per heavy atom. The Hall–Kier alpha value is -1.04. The van der Waals surface area contributed by atoms with E-state index in [0.29, 0.717) is 18.2 Å². The first-order valence-corrected chi connectivity index (χ1v) is 6.38. The molecule has 5 heteroatoms. The fraction of sp³-hybridized carbons (Fsp3) is 0.462. The lowest BCUT2D eigenvalue weighted by molar-refractivity contribution is -0.00440. The molecule has 1 fully saturated rings. The van der Waals surface area contributed by atoms with E-state index in [4.69, 9.17) is 22.7 Å². The van der Waals surface area contributed by atoms with Crippen LogP contribution in [0.1, 0.15) is 18.1 Å². The second-order valence-electron chi connectivity index (χ2n) is 4.61. The Bertz CT molecular complexity index is 453. The molecule has 98 valence electrons. The van der Waals surface area contributed by atoms with Gasteiger partial charge in [-0.2, -0.15) is 0 Å². The van der Waals surface area contributed by atoms with Crippen molar-refractivity contribution in [1.29, 1.82) is 0 Å². The average molecular weight is 268 g/mol. The van der Waals surface area contributed by atoms with Crippen LogP contribution in [0.4, 0.5) is 4.39 Å². The van der Waals surface area contributed by atoms with Crippen molar-refractivity contribution in [2.75, 3.05) is 19.8 Å². The van der Waals surface area contributed by atoms with Crippen molar-refractivity contribution in [2.45, 2.75) is 19.5 Å². The number of halogens is 1. The maximum Gasteiger partial charge on any atom is 0.124 e.